The van der Waals surface area contributed by atoms with Crippen molar-refractivity contribution in [3.63, 3.8) is 0 Å². The van der Waals surface area contributed by atoms with Crippen LogP contribution in [0.15, 0.2) is 12.2 Å². The van der Waals surface area contributed by atoms with Gasteiger partial charge in [-0.05, 0) is 38.5 Å². The first kappa shape index (κ1) is 62.5. The summed E-state index contributed by atoms with van der Waals surface area (Å²) in [6.07, 6.45) is 34.9. The maximum atomic E-state index is 13.0. The highest BCUT2D eigenvalue weighted by atomic mass is 16.7. The second-order valence-electron chi connectivity index (χ2n) is 19.2. The van der Waals surface area contributed by atoms with Gasteiger partial charge in [0.2, 0.25) is 0 Å². The molecule has 67 heavy (non-hydrogen) atoms. The molecule has 0 aliphatic carbocycles. The van der Waals surface area contributed by atoms with Gasteiger partial charge in [0.05, 0.1) is 6.61 Å². The summed E-state index contributed by atoms with van der Waals surface area (Å²) in [4.78, 5) is 50.8. The Hall–Kier alpha value is -2.54. The Kier molecular flexibility index (Phi) is 41.6. The maximum absolute atomic E-state index is 13.0. The molecule has 0 spiro atoms. The van der Waals surface area contributed by atoms with Crippen LogP contribution in [-0.4, -0.2) is 89.2 Å². The molecule has 1 aliphatic heterocycles. The highest BCUT2D eigenvalue weighted by Gasteiger charge is 2.50. The Morgan fingerprint density at radius 1 is 0.478 bits per heavy atom. The fourth-order valence-corrected chi connectivity index (χ4v) is 8.53. The number of rotatable bonds is 47. The average Bonchev–Trinajstić information content (AvgIpc) is 3.31. The van der Waals surface area contributed by atoms with Crippen LogP contribution in [0.25, 0.3) is 0 Å². The summed E-state index contributed by atoms with van der Waals surface area (Å²) in [5.74, 6) is -3.10. The Balaban J connectivity index is 2.65. The van der Waals surface area contributed by atoms with E-state index < -0.39 is 67.3 Å². The van der Waals surface area contributed by atoms with E-state index in [-0.39, 0.29) is 25.9 Å². The van der Waals surface area contributed by atoms with Crippen molar-refractivity contribution >= 4 is 23.9 Å². The van der Waals surface area contributed by atoms with Gasteiger partial charge in [-0.2, -0.15) is 0 Å². The fourth-order valence-electron chi connectivity index (χ4n) is 8.53. The Morgan fingerprint density at radius 3 is 1.31 bits per heavy atom. The van der Waals surface area contributed by atoms with Crippen molar-refractivity contribution in [1.29, 1.82) is 0 Å². The van der Waals surface area contributed by atoms with Gasteiger partial charge < -0.3 is 39.0 Å². The molecule has 1 fully saturated rings. The maximum Gasteiger partial charge on any atom is 0.335 e. The van der Waals surface area contributed by atoms with Crippen molar-refractivity contribution in [3.05, 3.63) is 12.2 Å². The lowest BCUT2D eigenvalue weighted by atomic mass is 9.98. The van der Waals surface area contributed by atoms with Crippen molar-refractivity contribution in [2.75, 3.05) is 13.2 Å². The molecule has 0 saturated carbocycles. The first-order valence-electron chi connectivity index (χ1n) is 27.7. The summed E-state index contributed by atoms with van der Waals surface area (Å²) in [5.41, 5.74) is 0. The van der Waals surface area contributed by atoms with Gasteiger partial charge in [0.25, 0.3) is 0 Å². The zero-order valence-corrected chi connectivity index (χ0v) is 42.9. The molecular formula is C55H100O12. The summed E-state index contributed by atoms with van der Waals surface area (Å²) in [6.45, 7) is 5.93. The molecule has 0 radical (unpaired) electrons. The molecule has 1 rings (SSSR count). The molecule has 12 nitrogen and oxygen atoms in total. The summed E-state index contributed by atoms with van der Waals surface area (Å²) in [6, 6.07) is 0. The molecule has 3 N–H and O–H groups in total. The van der Waals surface area contributed by atoms with Gasteiger partial charge in [-0.25, -0.2) is 4.79 Å². The van der Waals surface area contributed by atoms with Crippen LogP contribution in [-0.2, 0) is 42.9 Å². The molecular weight excluding hydrogens is 853 g/mol. The number of carbonyl (C=O) groups is 4. The van der Waals surface area contributed by atoms with Crippen LogP contribution in [0.2, 0.25) is 0 Å². The molecule has 6 atom stereocenters. The zero-order valence-electron chi connectivity index (χ0n) is 42.9. The molecule has 0 amide bonds. The normalized spacial score (nSPS) is 18.9. The molecule has 6 unspecified atom stereocenters. The van der Waals surface area contributed by atoms with Crippen molar-refractivity contribution in [3.8, 4) is 0 Å². The van der Waals surface area contributed by atoms with E-state index >= 15 is 0 Å². The molecule has 0 aromatic carbocycles. The van der Waals surface area contributed by atoms with Gasteiger partial charge in [0.15, 0.2) is 24.6 Å². The van der Waals surface area contributed by atoms with Crippen LogP contribution >= 0.6 is 0 Å². The molecule has 1 saturated heterocycles. The Labute approximate surface area is 407 Å². The van der Waals surface area contributed by atoms with Gasteiger partial charge in [-0.1, -0.05) is 219 Å². The predicted octanol–water partition coefficient (Wildman–Crippen LogP) is 13.3. The van der Waals surface area contributed by atoms with Crippen molar-refractivity contribution in [2.24, 2.45) is 0 Å². The number of allylic oxidation sites excluding steroid dienone is 2. The molecule has 12 heteroatoms. The van der Waals surface area contributed by atoms with E-state index in [1.165, 1.54) is 128 Å². The summed E-state index contributed by atoms with van der Waals surface area (Å²) in [7, 11) is 0. The topological polar surface area (TPSA) is 175 Å². The number of hydrogen-bond acceptors (Lipinski definition) is 11. The number of esters is 3. The minimum atomic E-state index is -1.89. The van der Waals surface area contributed by atoms with Gasteiger partial charge in [0, 0.05) is 19.3 Å². The lowest BCUT2D eigenvalue weighted by Gasteiger charge is -2.40. The summed E-state index contributed by atoms with van der Waals surface area (Å²) >= 11 is 0. The average molecular weight is 953 g/mol. The first-order valence-corrected chi connectivity index (χ1v) is 27.7. The van der Waals surface area contributed by atoms with E-state index in [2.05, 4.69) is 32.9 Å². The number of unbranched alkanes of at least 4 members (excludes halogenated alkanes) is 31. The van der Waals surface area contributed by atoms with Crippen LogP contribution < -0.4 is 0 Å². The van der Waals surface area contributed by atoms with Crippen LogP contribution in [0.5, 0.6) is 0 Å². The highest BCUT2D eigenvalue weighted by Crippen LogP contribution is 2.26. The van der Waals surface area contributed by atoms with E-state index in [0.29, 0.717) is 19.3 Å². The predicted molar refractivity (Wildman–Crippen MR) is 267 cm³/mol. The largest absolute Gasteiger partial charge is 0.479 e. The van der Waals surface area contributed by atoms with Crippen LogP contribution in [0.3, 0.4) is 0 Å². The molecule has 0 bridgehead atoms. The van der Waals surface area contributed by atoms with Crippen molar-refractivity contribution < 1.29 is 58.2 Å². The summed E-state index contributed by atoms with van der Waals surface area (Å²) in [5, 5.41) is 31.3. The third kappa shape index (κ3) is 35.3. The third-order valence-corrected chi connectivity index (χ3v) is 12.8. The Bertz CT molecular complexity index is 1230. The number of carbonyl (C=O) groups excluding carboxylic acids is 3. The molecule has 0 aromatic heterocycles. The highest BCUT2D eigenvalue weighted by molar-refractivity contribution is 5.74. The number of ether oxygens (including phenoxy) is 5. The summed E-state index contributed by atoms with van der Waals surface area (Å²) < 4.78 is 28.3. The lowest BCUT2D eigenvalue weighted by molar-refractivity contribution is -0.301. The third-order valence-electron chi connectivity index (χ3n) is 12.8. The minimum absolute atomic E-state index is 0.0680. The molecule has 1 heterocycles. The minimum Gasteiger partial charge on any atom is -0.479 e. The molecule has 0 aromatic rings. The zero-order chi connectivity index (χ0) is 49.0. The van der Waals surface area contributed by atoms with Crippen LogP contribution in [0.1, 0.15) is 265 Å². The molecule has 1 aliphatic rings. The smallest absolute Gasteiger partial charge is 0.335 e. The van der Waals surface area contributed by atoms with E-state index in [1.807, 2.05) is 0 Å². The second kappa shape index (κ2) is 44.7. The van der Waals surface area contributed by atoms with Gasteiger partial charge in [-0.15, -0.1) is 0 Å². The first-order chi connectivity index (χ1) is 32.6. The van der Waals surface area contributed by atoms with E-state index in [1.54, 1.807) is 0 Å². The number of hydrogen-bond donors (Lipinski definition) is 3. The number of aliphatic hydroxyl groups excluding tert-OH is 2. The number of aliphatic hydroxyl groups is 2. The standard InChI is InChI=1S/C55H100O12/c1-4-7-10-13-16-19-21-22-23-24-25-26-28-31-34-37-40-43-49(58)66-53-51(60)50(59)52(54(61)62)67-55(53)64-45-46(65-48(57)42-39-36-33-29-18-15-12-9-6-3)44-63-47(56)41-38-35-32-30-27-20-17-14-11-8-5-2/h14,17,46,50-53,55,59-60H,4-13,15-16,18-45H2,1-3H3,(H,61,62)/b17-14-. The van der Waals surface area contributed by atoms with Gasteiger partial charge >= 0.3 is 23.9 Å². The monoisotopic (exact) mass is 953 g/mol. The van der Waals surface area contributed by atoms with Gasteiger partial charge in [0.1, 0.15) is 18.8 Å². The number of carboxylic acid groups (broad SMARTS) is 1. The van der Waals surface area contributed by atoms with E-state index in [0.717, 1.165) is 77.0 Å². The SMILES string of the molecule is CCCC/C=C\CCCCCCCC(=O)OCC(COC1OC(C(=O)O)C(O)C(O)C1OC(=O)CCCCCCCCCCCCCCCCCCC)OC(=O)CCCCCCCCCCC. The molecule has 392 valence electrons. The number of carboxylic acids is 1. The van der Waals surface area contributed by atoms with Crippen LogP contribution in [0, 0.1) is 0 Å². The van der Waals surface area contributed by atoms with Gasteiger partial charge in [-0.3, -0.25) is 14.4 Å². The van der Waals surface area contributed by atoms with E-state index in [9.17, 15) is 34.5 Å². The van der Waals surface area contributed by atoms with Crippen molar-refractivity contribution in [1.82, 2.24) is 0 Å². The lowest BCUT2D eigenvalue weighted by Crippen LogP contribution is -2.61. The number of aliphatic carboxylic acids is 1. The Morgan fingerprint density at radius 2 is 0.866 bits per heavy atom. The van der Waals surface area contributed by atoms with Crippen LogP contribution in [0.4, 0.5) is 0 Å². The second-order valence-corrected chi connectivity index (χ2v) is 19.2. The quantitative estimate of drug-likeness (QED) is 0.0228. The van der Waals surface area contributed by atoms with Crippen molar-refractivity contribution in [2.45, 2.75) is 302 Å². The van der Waals surface area contributed by atoms with E-state index in [4.69, 9.17) is 23.7 Å². The fraction of sp³-hybridized carbons (Fsp3) is 0.891.